The zero-order chi connectivity index (χ0) is 27.5. The summed E-state index contributed by atoms with van der Waals surface area (Å²) >= 11 is 6.27. The molecule has 3 aromatic carbocycles. The van der Waals surface area contributed by atoms with Gasteiger partial charge in [0.1, 0.15) is 22.9 Å². The van der Waals surface area contributed by atoms with Crippen molar-refractivity contribution in [3.05, 3.63) is 88.1 Å². The highest BCUT2D eigenvalue weighted by Gasteiger charge is 2.43. The summed E-state index contributed by atoms with van der Waals surface area (Å²) in [6.45, 7) is 3.03. The second-order valence-electron chi connectivity index (χ2n) is 9.32. The minimum atomic E-state index is -0.514. The number of rotatable bonds is 10. The predicted molar refractivity (Wildman–Crippen MR) is 149 cm³/mol. The van der Waals surface area contributed by atoms with E-state index < -0.39 is 6.04 Å². The Bertz CT molecular complexity index is 1480. The fraction of sp³-hybridized carbons (Fsp3) is 0.267. The molecule has 1 atom stereocenters. The van der Waals surface area contributed by atoms with Crippen molar-refractivity contribution in [2.45, 2.75) is 32.4 Å². The van der Waals surface area contributed by atoms with Crippen molar-refractivity contribution < 1.29 is 24.1 Å². The monoisotopic (exact) mass is 547 g/mol. The number of unbranched alkanes of at least 4 members (excludes halogenated alkanes) is 1. The fourth-order valence-corrected chi connectivity index (χ4v) is 5.01. The van der Waals surface area contributed by atoms with Crippen LogP contribution >= 0.6 is 11.6 Å². The van der Waals surface area contributed by atoms with Gasteiger partial charge in [-0.1, -0.05) is 43.1 Å². The average molecular weight is 548 g/mol. The number of aromatic amines is 1. The number of nitrogens with one attached hydrogen (secondary N) is 1. The van der Waals surface area contributed by atoms with E-state index in [1.54, 1.807) is 31.3 Å². The Morgan fingerprint density at radius 1 is 1.03 bits per heavy atom. The summed E-state index contributed by atoms with van der Waals surface area (Å²) in [5.41, 5.74) is 3.68. The molecule has 202 valence electrons. The fourth-order valence-electron chi connectivity index (χ4n) is 4.84. The quantitative estimate of drug-likeness (QED) is 0.224. The summed E-state index contributed by atoms with van der Waals surface area (Å²) in [7, 11) is 3.21. The van der Waals surface area contributed by atoms with E-state index in [1.165, 1.54) is 6.07 Å². The van der Waals surface area contributed by atoms with Crippen molar-refractivity contribution >= 4 is 17.5 Å². The highest BCUT2D eigenvalue weighted by Crippen LogP contribution is 2.46. The highest BCUT2D eigenvalue weighted by atomic mass is 35.5. The molecule has 1 aromatic heterocycles. The van der Waals surface area contributed by atoms with Gasteiger partial charge in [0.05, 0.1) is 26.9 Å². The first-order valence-electron chi connectivity index (χ1n) is 12.8. The molecule has 4 aromatic rings. The first-order chi connectivity index (χ1) is 18.9. The molecule has 0 fully saturated rings. The standard InChI is InChI=1S/C30H30ClN3O5/c1-4-5-14-39-24-13-8-19(15-25(24)38-3)29-26-27(22-16-20(31)9-12-23(22)35)32-33-28(26)30(36)34(29)17-18-6-10-21(37-2)11-7-18/h6-13,15-16,29,35H,4-5,14,17H2,1-3H3,(H,32,33). The van der Waals surface area contributed by atoms with Crippen LogP contribution in [-0.4, -0.2) is 46.9 Å². The maximum Gasteiger partial charge on any atom is 0.273 e. The molecule has 0 saturated heterocycles. The lowest BCUT2D eigenvalue weighted by molar-refractivity contribution is 0.0730. The normalized spacial score (nSPS) is 14.4. The molecule has 5 rings (SSSR count). The Kier molecular flexibility index (Phi) is 7.65. The van der Waals surface area contributed by atoms with E-state index in [0.717, 1.165) is 29.7 Å². The minimum absolute atomic E-state index is 0.0192. The number of halogens is 1. The lowest BCUT2D eigenvalue weighted by Crippen LogP contribution is -2.29. The zero-order valence-corrected chi connectivity index (χ0v) is 22.8. The maximum absolute atomic E-state index is 13.8. The van der Waals surface area contributed by atoms with E-state index in [0.29, 0.717) is 52.2 Å². The first kappa shape index (κ1) is 26.4. The molecule has 1 unspecified atom stereocenters. The van der Waals surface area contributed by atoms with Crippen molar-refractivity contribution in [3.8, 4) is 34.3 Å². The number of hydrogen-bond donors (Lipinski definition) is 2. The van der Waals surface area contributed by atoms with Gasteiger partial charge in [-0.3, -0.25) is 9.89 Å². The number of amides is 1. The van der Waals surface area contributed by atoms with Crippen molar-refractivity contribution in [2.75, 3.05) is 20.8 Å². The van der Waals surface area contributed by atoms with Gasteiger partial charge in [0.2, 0.25) is 0 Å². The maximum atomic E-state index is 13.8. The number of aromatic nitrogens is 2. The number of fused-ring (bicyclic) bond motifs is 1. The van der Waals surface area contributed by atoms with Crippen LogP contribution in [0.4, 0.5) is 0 Å². The second kappa shape index (κ2) is 11.3. The SMILES string of the molecule is CCCCOc1ccc(C2c3c(-c4cc(Cl)ccc4O)n[nH]c3C(=O)N2Cc2ccc(OC)cc2)cc1OC. The number of nitrogens with zero attached hydrogens (tertiary/aromatic N) is 2. The van der Waals surface area contributed by atoms with Crippen molar-refractivity contribution in [1.29, 1.82) is 0 Å². The lowest BCUT2D eigenvalue weighted by atomic mass is 9.95. The summed E-state index contributed by atoms with van der Waals surface area (Å²) in [4.78, 5) is 15.6. The molecule has 0 aliphatic carbocycles. The van der Waals surface area contributed by atoms with Crippen molar-refractivity contribution in [2.24, 2.45) is 0 Å². The van der Waals surface area contributed by atoms with Crippen LogP contribution in [0.1, 0.15) is 53.0 Å². The van der Waals surface area contributed by atoms with E-state index in [1.807, 2.05) is 42.5 Å². The van der Waals surface area contributed by atoms with Gasteiger partial charge in [-0.25, -0.2) is 0 Å². The number of phenolic OH excluding ortho intramolecular Hbond substituents is 1. The number of phenols is 1. The average Bonchev–Trinajstić information content (AvgIpc) is 3.49. The van der Waals surface area contributed by atoms with Crippen molar-refractivity contribution in [3.63, 3.8) is 0 Å². The van der Waals surface area contributed by atoms with Crippen LogP contribution in [-0.2, 0) is 6.54 Å². The molecule has 39 heavy (non-hydrogen) atoms. The molecular weight excluding hydrogens is 518 g/mol. The van der Waals surface area contributed by atoms with Crippen LogP contribution in [0.25, 0.3) is 11.3 Å². The minimum Gasteiger partial charge on any atom is -0.507 e. The number of methoxy groups -OCH3 is 2. The summed E-state index contributed by atoms with van der Waals surface area (Å²) in [6, 6.07) is 17.6. The Morgan fingerprint density at radius 3 is 2.54 bits per heavy atom. The van der Waals surface area contributed by atoms with Crippen LogP contribution < -0.4 is 14.2 Å². The van der Waals surface area contributed by atoms with E-state index in [2.05, 4.69) is 17.1 Å². The third-order valence-electron chi connectivity index (χ3n) is 6.85. The van der Waals surface area contributed by atoms with Crippen LogP contribution in [0.5, 0.6) is 23.0 Å². The smallest absolute Gasteiger partial charge is 0.273 e. The van der Waals surface area contributed by atoms with E-state index in [9.17, 15) is 9.90 Å². The highest BCUT2D eigenvalue weighted by molar-refractivity contribution is 6.31. The molecule has 1 aliphatic heterocycles. The van der Waals surface area contributed by atoms with Crippen LogP contribution in [0.3, 0.4) is 0 Å². The molecule has 9 heteroatoms. The molecule has 1 amide bonds. The first-order valence-corrected chi connectivity index (χ1v) is 13.1. The number of hydrogen-bond acceptors (Lipinski definition) is 6. The lowest BCUT2D eigenvalue weighted by Gasteiger charge is -2.27. The van der Waals surface area contributed by atoms with Gasteiger partial charge in [-0.2, -0.15) is 5.10 Å². The van der Waals surface area contributed by atoms with Gasteiger partial charge in [-0.05, 0) is 60.0 Å². The number of carbonyl (C=O) groups is 1. The van der Waals surface area contributed by atoms with Gasteiger partial charge >= 0.3 is 0 Å². The summed E-state index contributed by atoms with van der Waals surface area (Å²) in [5, 5.41) is 18.5. The van der Waals surface area contributed by atoms with Gasteiger partial charge in [0.15, 0.2) is 11.5 Å². The Balaban J connectivity index is 1.61. The molecule has 1 aliphatic rings. The van der Waals surface area contributed by atoms with Gasteiger partial charge in [0.25, 0.3) is 5.91 Å². The van der Waals surface area contributed by atoms with Crippen molar-refractivity contribution in [1.82, 2.24) is 15.1 Å². The summed E-state index contributed by atoms with van der Waals surface area (Å²) < 4.78 is 16.9. The molecule has 0 spiro atoms. The largest absolute Gasteiger partial charge is 0.507 e. The summed E-state index contributed by atoms with van der Waals surface area (Å²) in [5.74, 6) is 1.77. The topological polar surface area (TPSA) is 96.9 Å². The molecular formula is C30H30ClN3O5. The van der Waals surface area contributed by atoms with Crippen LogP contribution in [0, 0.1) is 0 Å². The van der Waals surface area contributed by atoms with E-state index >= 15 is 0 Å². The predicted octanol–water partition coefficient (Wildman–Crippen LogP) is 6.38. The zero-order valence-electron chi connectivity index (χ0n) is 22.0. The Morgan fingerprint density at radius 2 is 1.82 bits per heavy atom. The molecule has 0 saturated carbocycles. The molecule has 0 bridgehead atoms. The number of aromatic hydroxyl groups is 1. The van der Waals surface area contributed by atoms with Crippen LogP contribution in [0.2, 0.25) is 5.02 Å². The van der Waals surface area contributed by atoms with Gasteiger partial charge < -0.3 is 24.2 Å². The number of benzene rings is 3. The molecule has 8 nitrogen and oxygen atoms in total. The second-order valence-corrected chi connectivity index (χ2v) is 9.75. The third-order valence-corrected chi connectivity index (χ3v) is 7.08. The number of H-pyrrole nitrogens is 1. The molecule has 2 N–H and O–H groups in total. The number of carbonyl (C=O) groups excluding carboxylic acids is 1. The van der Waals surface area contributed by atoms with E-state index in [-0.39, 0.29) is 11.7 Å². The third kappa shape index (κ3) is 5.12. The number of ether oxygens (including phenoxy) is 3. The van der Waals surface area contributed by atoms with Gasteiger partial charge in [0, 0.05) is 22.7 Å². The Hall–Kier alpha value is -4.17. The Labute approximate surface area is 232 Å². The molecule has 0 radical (unpaired) electrons. The molecule has 2 heterocycles. The van der Waals surface area contributed by atoms with Crippen LogP contribution in [0.15, 0.2) is 60.7 Å². The van der Waals surface area contributed by atoms with Gasteiger partial charge in [-0.15, -0.1) is 0 Å². The summed E-state index contributed by atoms with van der Waals surface area (Å²) in [6.07, 6.45) is 1.95. The van der Waals surface area contributed by atoms with E-state index in [4.69, 9.17) is 25.8 Å².